The van der Waals surface area contributed by atoms with Gasteiger partial charge in [-0.2, -0.15) is 0 Å². The van der Waals surface area contributed by atoms with Gasteiger partial charge in [0.05, 0.1) is 65.7 Å². The number of aliphatic carboxylic acids is 2. The number of rotatable bonds is 28. The Morgan fingerprint density at radius 2 is 1.42 bits per heavy atom. The first kappa shape index (κ1) is 62.9. The summed E-state index contributed by atoms with van der Waals surface area (Å²) in [6.07, 6.45) is -1.82. The van der Waals surface area contributed by atoms with Gasteiger partial charge in [-0.3, -0.25) is 38.4 Å². The van der Waals surface area contributed by atoms with Crippen molar-refractivity contribution in [2.75, 3.05) is 26.0 Å². The van der Waals surface area contributed by atoms with Gasteiger partial charge in [-0.15, -0.1) is 68.0 Å². The monoisotopic (exact) mass is 1270 g/mol. The number of benzene rings is 1. The Morgan fingerprint density at radius 1 is 0.706 bits per heavy atom. The van der Waals surface area contributed by atoms with Gasteiger partial charge in [0.2, 0.25) is 17.7 Å². The largest absolute Gasteiger partial charge is 0.481 e. The van der Waals surface area contributed by atoms with Gasteiger partial charge in [0.15, 0.2) is 0 Å². The molecule has 0 aliphatic rings. The highest BCUT2D eigenvalue weighted by Gasteiger charge is 2.31. The highest BCUT2D eigenvalue weighted by Crippen LogP contribution is 2.39. The summed E-state index contributed by atoms with van der Waals surface area (Å²) >= 11 is 7.29. The van der Waals surface area contributed by atoms with E-state index in [1.807, 2.05) is 49.6 Å². The maximum absolute atomic E-state index is 14.3. The fraction of sp³-hybridized carbons (Fsp3) is 0.315. The average molecular weight is 1270 g/mol. The second-order valence-corrected chi connectivity index (χ2v) is 25.0. The number of carbonyl (C=O) groups excluding carboxylic acids is 6. The Labute approximate surface area is 508 Å². The van der Waals surface area contributed by atoms with Gasteiger partial charge >= 0.3 is 11.9 Å². The molecule has 85 heavy (non-hydrogen) atoms. The van der Waals surface area contributed by atoms with E-state index in [1.165, 1.54) is 48.2 Å². The molecule has 8 rings (SSSR count). The lowest BCUT2D eigenvalue weighted by Gasteiger charge is -2.20. The minimum atomic E-state index is -1.32. The number of aryl methyl sites for hydroxylation is 1. The molecule has 0 aliphatic carbocycles. The fourth-order valence-electron chi connectivity index (χ4n) is 8.27. The maximum Gasteiger partial charge on any atom is 0.307 e. The van der Waals surface area contributed by atoms with Crippen molar-refractivity contribution >= 4 is 121 Å². The summed E-state index contributed by atoms with van der Waals surface area (Å²) < 4.78 is 5.30. The average Bonchev–Trinajstić information content (AvgIpc) is 2.74. The lowest BCUT2D eigenvalue weighted by atomic mass is 9.99. The maximum atomic E-state index is 14.3. The van der Waals surface area contributed by atoms with Crippen molar-refractivity contribution in [3.05, 3.63) is 111 Å². The quantitative estimate of drug-likeness (QED) is 0.0237. The van der Waals surface area contributed by atoms with Crippen LogP contribution in [0.15, 0.2) is 64.0 Å². The number of pyridine rings is 1. The Morgan fingerprint density at radius 3 is 2.13 bits per heavy atom. The molecule has 0 saturated heterocycles. The Kier molecular flexibility index (Phi) is 21.2. The van der Waals surface area contributed by atoms with Crippen LogP contribution in [-0.4, -0.2) is 118 Å². The standard InChI is InChI=1S/C54H55N13O12S6/c1-24(2)42(53-67-45(35(85-53)19-79-5)47(75)57-18-36(55)69)65-48(76)43-25(3)84-52(66-43)30(16-39(71)56-4)60-46(74)32-21-81-49(62-32)28-12-13-29(50-64-37(23-83-50)63-38(70)14-11-27(54(77)78)15-41(72)73)59-44(28)31-20-82-51(61-31)33-22-80-40(58-33)17-34(68)26-9-7-6-8-10-26/h6-10,12-13,20-24,27,30,34,42,68H,11,14-19H2,1-5H3,(H2,55,69)(H,56,71)(H,57,75)(H,60,74)(H,63,70)(H,65,76)(H,72,73)(H,77,78)/t27-,30+,34-,42?/m1/s1. The van der Waals surface area contributed by atoms with Crippen LogP contribution in [0, 0.1) is 18.8 Å². The molecule has 6 amide bonds. The van der Waals surface area contributed by atoms with E-state index >= 15 is 0 Å². The van der Waals surface area contributed by atoms with Crippen molar-refractivity contribution in [3.63, 3.8) is 0 Å². The zero-order valence-electron chi connectivity index (χ0n) is 45.9. The molecule has 1 unspecified atom stereocenters. The predicted molar refractivity (Wildman–Crippen MR) is 320 cm³/mol. The van der Waals surface area contributed by atoms with E-state index in [1.54, 1.807) is 35.2 Å². The molecule has 0 radical (unpaired) electrons. The number of thiazole rings is 6. The molecule has 0 fully saturated rings. The number of carbonyl (C=O) groups is 8. The van der Waals surface area contributed by atoms with Crippen LogP contribution in [0.2, 0.25) is 0 Å². The Balaban J connectivity index is 1.05. The van der Waals surface area contributed by atoms with Crippen LogP contribution in [0.4, 0.5) is 5.82 Å². The number of aliphatic hydroxyl groups is 1. The summed E-state index contributed by atoms with van der Waals surface area (Å²) in [6.45, 7) is 5.04. The fourth-order valence-corrected chi connectivity index (χ4v) is 13.7. The summed E-state index contributed by atoms with van der Waals surface area (Å²) in [5.74, 6) is -7.52. The summed E-state index contributed by atoms with van der Waals surface area (Å²) in [7, 11) is 2.90. The predicted octanol–water partition coefficient (Wildman–Crippen LogP) is 7.06. The minimum absolute atomic E-state index is 0.00785. The third kappa shape index (κ3) is 16.2. The van der Waals surface area contributed by atoms with Crippen LogP contribution >= 0.6 is 68.0 Å². The van der Waals surface area contributed by atoms with Gasteiger partial charge in [0, 0.05) is 59.0 Å². The lowest BCUT2D eigenvalue weighted by molar-refractivity contribution is -0.148. The minimum Gasteiger partial charge on any atom is -0.481 e. The molecule has 10 N–H and O–H groups in total. The summed E-state index contributed by atoms with van der Waals surface area (Å²) in [5, 5.41) is 52.5. The number of nitrogens with one attached hydrogen (secondary N) is 5. The molecule has 7 heterocycles. The highest BCUT2D eigenvalue weighted by molar-refractivity contribution is 7.15. The van der Waals surface area contributed by atoms with Crippen molar-refractivity contribution in [2.24, 2.45) is 17.6 Å². The van der Waals surface area contributed by atoms with E-state index in [-0.39, 0.29) is 66.1 Å². The van der Waals surface area contributed by atoms with Gasteiger partial charge in [-0.1, -0.05) is 44.2 Å². The van der Waals surface area contributed by atoms with Crippen molar-refractivity contribution in [1.29, 1.82) is 0 Å². The van der Waals surface area contributed by atoms with E-state index in [4.69, 9.17) is 35.5 Å². The number of ether oxygens (including phenoxy) is 1. The molecule has 0 aliphatic heterocycles. The van der Waals surface area contributed by atoms with E-state index in [0.717, 1.165) is 39.6 Å². The normalized spacial score (nSPS) is 12.7. The number of nitrogens with zero attached hydrogens (tertiary/aromatic N) is 7. The first-order valence-electron chi connectivity index (χ1n) is 25.8. The number of amides is 6. The van der Waals surface area contributed by atoms with Crippen LogP contribution in [0.25, 0.3) is 43.4 Å². The molecule has 25 nitrogen and oxygen atoms in total. The van der Waals surface area contributed by atoms with Crippen LogP contribution in [-0.2, 0) is 41.7 Å². The van der Waals surface area contributed by atoms with Gasteiger partial charge in [0.1, 0.15) is 65.0 Å². The van der Waals surface area contributed by atoms with Crippen LogP contribution < -0.4 is 32.3 Å². The Bertz CT molecular complexity index is 3760. The second kappa shape index (κ2) is 28.6. The summed E-state index contributed by atoms with van der Waals surface area (Å²) in [5.41, 5.74) is 8.28. The number of nitrogens with two attached hydrogens (primary N) is 1. The number of aliphatic hydroxyl groups excluding tert-OH is 1. The summed E-state index contributed by atoms with van der Waals surface area (Å²) in [6, 6.07) is 11.0. The van der Waals surface area contributed by atoms with Crippen molar-refractivity contribution < 1.29 is 58.4 Å². The number of hydrogen-bond acceptors (Lipinski definition) is 23. The van der Waals surface area contributed by atoms with Crippen LogP contribution in [0.1, 0.15) is 120 Å². The highest BCUT2D eigenvalue weighted by atomic mass is 32.1. The van der Waals surface area contributed by atoms with Crippen molar-refractivity contribution in [3.8, 4) is 43.4 Å². The molecular weight excluding hydrogens is 1220 g/mol. The smallest absolute Gasteiger partial charge is 0.307 e. The molecule has 1 aromatic carbocycles. The van der Waals surface area contributed by atoms with Gasteiger partial charge in [-0.25, -0.2) is 34.9 Å². The van der Waals surface area contributed by atoms with Gasteiger partial charge in [-0.05, 0) is 37.0 Å². The molecule has 7 aromatic heterocycles. The van der Waals surface area contributed by atoms with Gasteiger partial charge in [0.25, 0.3) is 17.7 Å². The molecule has 8 aromatic rings. The van der Waals surface area contributed by atoms with Crippen LogP contribution in [0.5, 0.6) is 0 Å². The number of methoxy groups -OCH3 is 1. The molecular formula is C54H55N13O12S6. The third-order valence-electron chi connectivity index (χ3n) is 12.6. The van der Waals surface area contributed by atoms with E-state index in [9.17, 15) is 48.6 Å². The molecule has 0 saturated carbocycles. The lowest BCUT2D eigenvalue weighted by Crippen LogP contribution is -2.34. The first-order valence-corrected chi connectivity index (χ1v) is 31.0. The number of hydrogen-bond donors (Lipinski definition) is 9. The summed E-state index contributed by atoms with van der Waals surface area (Å²) in [4.78, 5) is 136. The van der Waals surface area contributed by atoms with E-state index < -0.39 is 84.5 Å². The number of aromatic nitrogens is 7. The van der Waals surface area contributed by atoms with Gasteiger partial charge < -0.3 is 52.4 Å². The zero-order valence-corrected chi connectivity index (χ0v) is 50.8. The number of primary amides is 1. The first-order chi connectivity index (χ1) is 40.7. The zero-order chi connectivity index (χ0) is 61.1. The number of anilines is 1. The molecule has 0 spiro atoms. The molecule has 31 heteroatoms. The third-order valence-corrected chi connectivity index (χ3v) is 18.2. The SMILES string of the molecule is CNC(=O)C[C@H](NC(=O)c1csc(-c2ccc(-c3nc(NC(=O)CC[C@H](CC(=O)O)C(=O)O)cs3)nc2-c2csc(-c3csc(C[C@@H](O)c4ccccc4)n3)n2)n1)c1nc(C(=O)NC(c2nc(C(=O)NCC(N)=O)c(COC)s2)C(C)C)c(C)s1. The Hall–Kier alpha value is -8.17. The molecule has 4 atom stereocenters. The van der Waals surface area contributed by atoms with E-state index in [0.29, 0.717) is 63.1 Å². The second-order valence-electron chi connectivity index (χ2n) is 19.1. The topological polar surface area (TPSA) is 383 Å². The number of carboxylic acid groups (broad SMARTS) is 2. The van der Waals surface area contributed by atoms with Crippen molar-refractivity contribution in [1.82, 2.24) is 56.2 Å². The number of carboxylic acids is 2. The van der Waals surface area contributed by atoms with E-state index in [2.05, 4.69) is 41.5 Å². The van der Waals surface area contributed by atoms with Crippen molar-refractivity contribution in [2.45, 2.75) is 77.7 Å². The molecule has 444 valence electrons. The molecule has 0 bridgehead atoms. The van der Waals surface area contributed by atoms with Crippen LogP contribution in [0.3, 0.4) is 0 Å².